The monoisotopic (exact) mass is 362 g/mol. The van der Waals surface area contributed by atoms with Crippen molar-refractivity contribution in [1.29, 1.82) is 0 Å². The van der Waals surface area contributed by atoms with Gasteiger partial charge in [0.2, 0.25) is 0 Å². The molecule has 0 bridgehead atoms. The molecule has 0 N–H and O–H groups in total. The summed E-state index contributed by atoms with van der Waals surface area (Å²) in [6, 6.07) is 8.69. The van der Waals surface area contributed by atoms with Crippen LogP contribution in [0.2, 0.25) is 4.47 Å². The number of halogens is 1. The summed E-state index contributed by atoms with van der Waals surface area (Å²) in [5.74, 6) is 0. The second kappa shape index (κ2) is 4.58. The molecule has 0 aliphatic rings. The maximum atomic E-state index is 2.42. The van der Waals surface area contributed by atoms with Gasteiger partial charge in [-0.05, 0) is 0 Å². The molecule has 0 aromatic heterocycles. The first-order valence-corrected chi connectivity index (χ1v) is 7.11. The molecule has 0 heterocycles. The van der Waals surface area contributed by atoms with Crippen molar-refractivity contribution < 1.29 is 0 Å². The van der Waals surface area contributed by atoms with E-state index >= 15 is 0 Å². The van der Waals surface area contributed by atoms with Crippen LogP contribution in [0.25, 0.3) is 0 Å². The zero-order valence-electron chi connectivity index (χ0n) is 5.80. The quantitative estimate of drug-likeness (QED) is 0.560. The van der Waals surface area contributed by atoms with Gasteiger partial charge in [0, 0.05) is 0 Å². The van der Waals surface area contributed by atoms with Crippen molar-refractivity contribution in [2.24, 2.45) is 0 Å². The fraction of sp³-hybridized carbons (Fsp3) is 0.250. The van der Waals surface area contributed by atoms with E-state index in [0.717, 1.165) is 0 Å². The van der Waals surface area contributed by atoms with Crippen molar-refractivity contribution in [3.05, 3.63) is 27.8 Å². The molecule has 0 aliphatic heterocycles. The Morgan fingerprint density at radius 1 is 1.40 bits per heavy atom. The Morgan fingerprint density at radius 2 is 2.10 bits per heavy atom. The average Bonchev–Trinajstić information content (AvgIpc) is 1.94. The first-order chi connectivity index (χ1) is 4.84. The number of hydrogen-bond acceptors (Lipinski definition) is 0. The molecule has 0 aliphatic carbocycles. The van der Waals surface area contributed by atoms with Gasteiger partial charge in [-0.25, -0.2) is 0 Å². The summed E-state index contributed by atoms with van der Waals surface area (Å²) in [5, 5.41) is 0. The Labute approximate surface area is 85.6 Å². The molecule has 54 valence electrons. The summed E-state index contributed by atoms with van der Waals surface area (Å²) in [5.41, 5.74) is 0. The first kappa shape index (κ1) is 8.83. The van der Waals surface area contributed by atoms with Crippen molar-refractivity contribution in [3.63, 3.8) is 0 Å². The Bertz CT molecular complexity index is 210. The summed E-state index contributed by atoms with van der Waals surface area (Å²) in [7, 11) is 0. The van der Waals surface area contributed by atoms with E-state index in [4.69, 9.17) is 0 Å². The maximum absolute atomic E-state index is 2.42. The predicted molar refractivity (Wildman–Crippen MR) is 55.0 cm³/mol. The molecular formula is C8H9ITe. The Morgan fingerprint density at radius 3 is 2.70 bits per heavy atom. The summed E-state index contributed by atoms with van der Waals surface area (Å²) < 4.78 is 4.42. The summed E-state index contributed by atoms with van der Waals surface area (Å²) >= 11 is 2.55. The van der Waals surface area contributed by atoms with E-state index in [9.17, 15) is 0 Å². The molecule has 0 saturated carbocycles. The fourth-order valence-electron chi connectivity index (χ4n) is 0.717. The van der Waals surface area contributed by atoms with E-state index in [-0.39, 0.29) is 20.9 Å². The molecular weight excluding hydrogens is 351 g/mol. The van der Waals surface area contributed by atoms with E-state index in [0.29, 0.717) is 0 Å². The van der Waals surface area contributed by atoms with Gasteiger partial charge >= 0.3 is 86.4 Å². The van der Waals surface area contributed by atoms with Gasteiger partial charge in [0.05, 0.1) is 0 Å². The van der Waals surface area contributed by atoms with Gasteiger partial charge in [-0.2, -0.15) is 0 Å². The number of benzene rings is 1. The standard InChI is InChI=1S/C8H9ITe/c1-2-10-8-6-4-3-5-7(8)9/h3-6H,2H2,1H3. The van der Waals surface area contributed by atoms with Gasteiger partial charge in [0.1, 0.15) is 0 Å². The normalized spacial score (nSPS) is 9.80. The van der Waals surface area contributed by atoms with Gasteiger partial charge in [-0.15, -0.1) is 0 Å². The van der Waals surface area contributed by atoms with Crippen molar-refractivity contribution in [2.45, 2.75) is 11.4 Å². The van der Waals surface area contributed by atoms with E-state index < -0.39 is 0 Å². The topological polar surface area (TPSA) is 0 Å². The second-order valence-electron chi connectivity index (χ2n) is 1.86. The van der Waals surface area contributed by atoms with Crippen molar-refractivity contribution >= 4 is 47.1 Å². The number of rotatable bonds is 2. The average molecular weight is 360 g/mol. The van der Waals surface area contributed by atoms with E-state index in [1.165, 1.54) is 8.04 Å². The predicted octanol–water partition coefficient (Wildman–Crippen LogP) is 2.06. The molecule has 0 amide bonds. The zero-order valence-corrected chi connectivity index (χ0v) is 10.3. The Balaban J connectivity index is 2.81. The third-order valence-electron chi connectivity index (χ3n) is 1.14. The Hall–Kier alpha value is 0.740. The molecule has 0 saturated heterocycles. The second-order valence-corrected chi connectivity index (χ2v) is 6.75. The van der Waals surface area contributed by atoms with Crippen LogP contribution in [-0.2, 0) is 0 Å². The fourth-order valence-corrected chi connectivity index (χ4v) is 4.12. The van der Waals surface area contributed by atoms with Gasteiger partial charge in [0.25, 0.3) is 0 Å². The third-order valence-corrected chi connectivity index (χ3v) is 5.94. The van der Waals surface area contributed by atoms with Gasteiger partial charge in [0.15, 0.2) is 0 Å². The van der Waals surface area contributed by atoms with Crippen LogP contribution >= 0.6 is 22.6 Å². The summed E-state index contributed by atoms with van der Waals surface area (Å²) in [6.07, 6.45) is 0. The van der Waals surface area contributed by atoms with Crippen LogP contribution in [0, 0.1) is 3.57 Å². The molecule has 1 aromatic rings. The van der Waals surface area contributed by atoms with Crippen molar-refractivity contribution in [2.75, 3.05) is 0 Å². The minimum atomic E-state index is 0.136. The molecule has 0 nitrogen and oxygen atoms in total. The van der Waals surface area contributed by atoms with Crippen LogP contribution in [0.4, 0.5) is 0 Å². The Kier molecular flexibility index (Phi) is 4.05. The van der Waals surface area contributed by atoms with Gasteiger partial charge in [-0.1, -0.05) is 0 Å². The molecule has 0 fully saturated rings. The molecule has 0 unspecified atom stereocenters. The van der Waals surface area contributed by atoms with Crippen LogP contribution in [0.15, 0.2) is 24.3 Å². The minimum absolute atomic E-state index is 0.136. The van der Waals surface area contributed by atoms with Crippen LogP contribution in [0.3, 0.4) is 0 Å². The van der Waals surface area contributed by atoms with E-state index in [2.05, 4.69) is 53.8 Å². The van der Waals surface area contributed by atoms with Crippen LogP contribution < -0.4 is 3.61 Å². The van der Waals surface area contributed by atoms with Crippen molar-refractivity contribution in [1.82, 2.24) is 0 Å². The van der Waals surface area contributed by atoms with Crippen LogP contribution in [0.1, 0.15) is 6.92 Å². The van der Waals surface area contributed by atoms with Crippen molar-refractivity contribution in [3.8, 4) is 0 Å². The molecule has 2 heteroatoms. The summed E-state index contributed by atoms with van der Waals surface area (Å²) in [6.45, 7) is 2.27. The van der Waals surface area contributed by atoms with Crippen LogP contribution in [0.5, 0.6) is 0 Å². The van der Waals surface area contributed by atoms with E-state index in [1.54, 1.807) is 3.61 Å². The molecule has 0 atom stereocenters. The molecule has 1 rings (SSSR count). The number of hydrogen-bond donors (Lipinski definition) is 0. The molecule has 1 aromatic carbocycles. The molecule has 0 spiro atoms. The summed E-state index contributed by atoms with van der Waals surface area (Å²) in [4.78, 5) is 0. The van der Waals surface area contributed by atoms with Crippen LogP contribution in [-0.4, -0.2) is 20.9 Å². The van der Waals surface area contributed by atoms with Gasteiger partial charge < -0.3 is 0 Å². The molecule has 0 radical (unpaired) electrons. The van der Waals surface area contributed by atoms with Gasteiger partial charge in [-0.3, -0.25) is 0 Å². The molecule has 10 heavy (non-hydrogen) atoms. The first-order valence-electron chi connectivity index (χ1n) is 3.22. The van der Waals surface area contributed by atoms with E-state index in [1.807, 2.05) is 0 Å². The SMILES string of the molecule is CC[Te]c1ccccc1I. The zero-order chi connectivity index (χ0) is 7.40. The third kappa shape index (κ3) is 2.41.